The van der Waals surface area contributed by atoms with Crippen LogP contribution in [0.1, 0.15) is 27.9 Å². The molecule has 0 atom stereocenters. The Hall–Kier alpha value is -2.97. The summed E-state index contributed by atoms with van der Waals surface area (Å²) in [4.78, 5) is 18.0. The molecule has 33 heavy (non-hydrogen) atoms. The molecular formula is C25H31F2N3O3. The van der Waals surface area contributed by atoms with E-state index in [1.165, 1.54) is 16.5 Å². The average Bonchev–Trinajstić information content (AvgIpc) is 3.32. The summed E-state index contributed by atoms with van der Waals surface area (Å²) in [5.41, 5.74) is 3.85. The number of methoxy groups -OCH3 is 1. The first-order chi connectivity index (χ1) is 15.9. The number of carboxylic acids is 1. The first kappa shape index (κ1) is 24.7. The van der Waals surface area contributed by atoms with Crippen molar-refractivity contribution in [2.75, 3.05) is 39.8 Å². The molecule has 0 aliphatic carbocycles. The number of aromatic nitrogens is 1. The standard InChI is InChI=1S/C18H25F2N3O.C7H6O2/c1-13-11-16(24-2)15(14-3-5-21-18(13)14)12-23-9-7-22(8-10-23)6-4-17(19)20;8-7(9)6-4-2-1-3-5-6/h3,5,11,17,21H,4,6-10,12H2,1-2H3;1-5H,(H,8,9). The second-order valence-electron chi connectivity index (χ2n) is 8.11. The number of fused-ring (bicyclic) bond motifs is 1. The third-order valence-corrected chi connectivity index (χ3v) is 5.86. The minimum absolute atomic E-state index is 0.0320. The van der Waals surface area contributed by atoms with Gasteiger partial charge in [0.25, 0.3) is 0 Å². The molecule has 0 radical (unpaired) electrons. The van der Waals surface area contributed by atoms with E-state index < -0.39 is 12.4 Å². The Labute approximate surface area is 192 Å². The van der Waals surface area contributed by atoms with Gasteiger partial charge in [0.1, 0.15) is 5.75 Å². The van der Waals surface area contributed by atoms with E-state index in [-0.39, 0.29) is 6.42 Å². The molecule has 1 saturated heterocycles. The fraction of sp³-hybridized carbons (Fsp3) is 0.400. The van der Waals surface area contributed by atoms with Crippen LogP contribution in [0.3, 0.4) is 0 Å². The van der Waals surface area contributed by atoms with E-state index in [9.17, 15) is 13.6 Å². The number of hydrogen-bond acceptors (Lipinski definition) is 4. The lowest BCUT2D eigenvalue weighted by atomic mass is 10.0. The monoisotopic (exact) mass is 459 g/mol. The maximum Gasteiger partial charge on any atom is 0.335 e. The van der Waals surface area contributed by atoms with Crippen molar-refractivity contribution in [2.45, 2.75) is 26.3 Å². The number of piperazine rings is 1. The van der Waals surface area contributed by atoms with E-state index >= 15 is 0 Å². The van der Waals surface area contributed by atoms with E-state index in [2.05, 4.69) is 33.8 Å². The van der Waals surface area contributed by atoms with Crippen LogP contribution in [-0.2, 0) is 6.54 Å². The van der Waals surface area contributed by atoms with Crippen LogP contribution in [0.4, 0.5) is 8.78 Å². The number of hydrogen-bond donors (Lipinski definition) is 2. The van der Waals surface area contributed by atoms with Gasteiger partial charge in [0.05, 0.1) is 12.7 Å². The topological polar surface area (TPSA) is 68.8 Å². The summed E-state index contributed by atoms with van der Waals surface area (Å²) in [7, 11) is 1.71. The number of nitrogens with one attached hydrogen (secondary N) is 1. The Kier molecular flexibility index (Phi) is 8.79. The number of ether oxygens (including phenoxy) is 1. The van der Waals surface area contributed by atoms with Gasteiger partial charge >= 0.3 is 5.97 Å². The van der Waals surface area contributed by atoms with Gasteiger partial charge in [-0.05, 0) is 36.8 Å². The number of halogens is 2. The zero-order valence-corrected chi connectivity index (χ0v) is 19.1. The summed E-state index contributed by atoms with van der Waals surface area (Å²) in [5.74, 6) is 0.0373. The van der Waals surface area contributed by atoms with E-state index in [0.717, 1.165) is 44.0 Å². The van der Waals surface area contributed by atoms with Gasteiger partial charge in [-0.3, -0.25) is 4.90 Å². The highest BCUT2D eigenvalue weighted by atomic mass is 19.3. The summed E-state index contributed by atoms with van der Waals surface area (Å²) < 4.78 is 30.3. The van der Waals surface area contributed by atoms with Crippen molar-refractivity contribution in [2.24, 2.45) is 0 Å². The van der Waals surface area contributed by atoms with E-state index in [1.807, 2.05) is 6.20 Å². The summed E-state index contributed by atoms with van der Waals surface area (Å²) in [6.07, 6.45) is -0.278. The number of H-pyrrole nitrogens is 1. The summed E-state index contributed by atoms with van der Waals surface area (Å²) in [6, 6.07) is 12.5. The van der Waals surface area contributed by atoms with Crippen molar-refractivity contribution in [1.82, 2.24) is 14.8 Å². The Morgan fingerprint density at radius 3 is 2.36 bits per heavy atom. The van der Waals surface area contributed by atoms with Gasteiger partial charge in [-0.15, -0.1) is 0 Å². The number of aryl methyl sites for hydroxylation is 1. The van der Waals surface area contributed by atoms with Crippen molar-refractivity contribution in [3.8, 4) is 5.75 Å². The van der Waals surface area contributed by atoms with Crippen LogP contribution in [-0.4, -0.2) is 72.1 Å². The number of alkyl halides is 2. The lowest BCUT2D eigenvalue weighted by Crippen LogP contribution is -2.46. The number of aromatic carboxylic acids is 1. The third kappa shape index (κ3) is 6.76. The largest absolute Gasteiger partial charge is 0.496 e. The Morgan fingerprint density at radius 2 is 1.79 bits per heavy atom. The minimum Gasteiger partial charge on any atom is -0.496 e. The number of aromatic amines is 1. The van der Waals surface area contributed by atoms with Gasteiger partial charge in [-0.25, -0.2) is 13.6 Å². The fourth-order valence-corrected chi connectivity index (χ4v) is 4.04. The van der Waals surface area contributed by atoms with E-state index in [1.54, 1.807) is 37.4 Å². The molecule has 1 fully saturated rings. The number of benzene rings is 2. The molecule has 1 aliphatic rings. The van der Waals surface area contributed by atoms with Crippen molar-refractivity contribution in [3.63, 3.8) is 0 Å². The molecular weight excluding hydrogens is 428 g/mol. The Balaban J connectivity index is 0.000000286. The number of nitrogens with zero attached hydrogens (tertiary/aromatic N) is 2. The summed E-state index contributed by atoms with van der Waals surface area (Å²) >= 11 is 0. The summed E-state index contributed by atoms with van der Waals surface area (Å²) in [5, 5.41) is 9.59. The van der Waals surface area contributed by atoms with Crippen LogP contribution >= 0.6 is 0 Å². The molecule has 2 heterocycles. The molecule has 3 aromatic rings. The molecule has 8 heteroatoms. The van der Waals surface area contributed by atoms with Gasteiger partial charge in [0.15, 0.2) is 0 Å². The van der Waals surface area contributed by atoms with Crippen LogP contribution in [0.5, 0.6) is 5.75 Å². The van der Waals surface area contributed by atoms with Gasteiger partial charge < -0.3 is 19.7 Å². The average molecular weight is 460 g/mol. The first-order valence-corrected chi connectivity index (χ1v) is 11.0. The fourth-order valence-electron chi connectivity index (χ4n) is 4.04. The van der Waals surface area contributed by atoms with Crippen molar-refractivity contribution >= 4 is 16.9 Å². The predicted octanol–water partition coefficient (Wildman–Crippen LogP) is 4.64. The second-order valence-corrected chi connectivity index (χ2v) is 8.11. The smallest absolute Gasteiger partial charge is 0.335 e. The number of rotatable bonds is 7. The van der Waals surface area contributed by atoms with Gasteiger partial charge in [0.2, 0.25) is 6.43 Å². The molecule has 1 aliphatic heterocycles. The Bertz CT molecular complexity index is 1030. The molecule has 178 valence electrons. The molecule has 0 bridgehead atoms. The number of carbonyl (C=O) groups is 1. The van der Waals surface area contributed by atoms with Gasteiger partial charge in [-0.2, -0.15) is 0 Å². The molecule has 6 nitrogen and oxygen atoms in total. The van der Waals surface area contributed by atoms with Crippen LogP contribution in [0, 0.1) is 6.92 Å². The molecule has 4 rings (SSSR count). The van der Waals surface area contributed by atoms with Crippen LogP contribution < -0.4 is 4.74 Å². The highest BCUT2D eigenvalue weighted by Crippen LogP contribution is 2.31. The van der Waals surface area contributed by atoms with Crippen molar-refractivity contribution in [1.29, 1.82) is 0 Å². The van der Waals surface area contributed by atoms with Crippen LogP contribution in [0.2, 0.25) is 0 Å². The normalized spacial score (nSPS) is 14.8. The molecule has 0 spiro atoms. The van der Waals surface area contributed by atoms with Gasteiger partial charge in [-0.1, -0.05) is 18.2 Å². The molecule has 2 aromatic carbocycles. The SMILES string of the molecule is COc1cc(C)c2[nH]ccc2c1CN1CCN(CCC(F)F)CC1.O=C(O)c1ccccc1. The predicted molar refractivity (Wildman–Crippen MR) is 125 cm³/mol. The zero-order chi connectivity index (χ0) is 23.8. The van der Waals surface area contributed by atoms with Crippen LogP contribution in [0.25, 0.3) is 10.9 Å². The molecule has 0 unspecified atom stereocenters. The highest BCUT2D eigenvalue weighted by molar-refractivity contribution is 5.88. The molecule has 0 saturated carbocycles. The maximum atomic E-state index is 12.3. The quantitative estimate of drug-likeness (QED) is 0.539. The summed E-state index contributed by atoms with van der Waals surface area (Å²) in [6.45, 7) is 6.86. The second kappa shape index (κ2) is 11.8. The van der Waals surface area contributed by atoms with Crippen molar-refractivity contribution < 1.29 is 23.4 Å². The molecule has 2 N–H and O–H groups in total. The molecule has 1 aromatic heterocycles. The molecule has 0 amide bonds. The number of carboxylic acid groups (broad SMARTS) is 1. The maximum absolute atomic E-state index is 12.3. The minimum atomic E-state index is -2.21. The first-order valence-electron chi connectivity index (χ1n) is 11.0. The highest BCUT2D eigenvalue weighted by Gasteiger charge is 2.20. The zero-order valence-electron chi connectivity index (χ0n) is 19.1. The lowest BCUT2D eigenvalue weighted by molar-refractivity contribution is 0.0696. The third-order valence-electron chi connectivity index (χ3n) is 5.86. The lowest BCUT2D eigenvalue weighted by Gasteiger charge is -2.35. The van der Waals surface area contributed by atoms with Gasteiger partial charge in [0, 0.05) is 68.4 Å². The Morgan fingerprint density at radius 1 is 1.12 bits per heavy atom. The van der Waals surface area contributed by atoms with Crippen molar-refractivity contribution in [3.05, 3.63) is 65.4 Å². The van der Waals surface area contributed by atoms with Crippen LogP contribution in [0.15, 0.2) is 48.7 Å². The van der Waals surface area contributed by atoms with E-state index in [4.69, 9.17) is 9.84 Å². The van der Waals surface area contributed by atoms with E-state index in [0.29, 0.717) is 12.1 Å².